The van der Waals surface area contributed by atoms with E-state index in [2.05, 4.69) is 0 Å². The van der Waals surface area contributed by atoms with Gasteiger partial charge in [0.2, 0.25) is 12.2 Å². The van der Waals surface area contributed by atoms with Crippen LogP contribution in [0.5, 0.6) is 0 Å². The predicted molar refractivity (Wildman–Crippen MR) is 82.3 cm³/mol. The highest BCUT2D eigenvalue weighted by Gasteiger charge is 2.17. The number of esters is 1. The minimum Gasteiger partial charge on any atom is -0.462 e. The summed E-state index contributed by atoms with van der Waals surface area (Å²) in [6, 6.07) is 3.71. The molecule has 4 heteroatoms. The van der Waals surface area contributed by atoms with E-state index in [4.69, 9.17) is 4.74 Å². The zero-order valence-electron chi connectivity index (χ0n) is 13.1. The Kier molecular flexibility index (Phi) is 6.53. The Hall–Kier alpha value is -2.23. The summed E-state index contributed by atoms with van der Waals surface area (Å²) >= 11 is 0. The Morgan fingerprint density at radius 1 is 1.33 bits per heavy atom. The molecular weight excluding hydrogens is 266 g/mol. The molecule has 0 aromatic carbocycles. The number of hydrogen-bond donors (Lipinski definition) is 0. The van der Waals surface area contributed by atoms with Gasteiger partial charge in [0.15, 0.2) is 12.0 Å². The van der Waals surface area contributed by atoms with Gasteiger partial charge in [-0.3, -0.25) is 4.79 Å². The van der Waals surface area contributed by atoms with Gasteiger partial charge in [-0.05, 0) is 20.8 Å². The first-order chi connectivity index (χ1) is 10.0. The second kappa shape index (κ2) is 8.15. The van der Waals surface area contributed by atoms with Gasteiger partial charge in [-0.1, -0.05) is 12.2 Å². The smallest absolute Gasteiger partial charge is 0.338 e. The van der Waals surface area contributed by atoms with Gasteiger partial charge >= 0.3 is 5.97 Å². The number of nitrogens with zero attached hydrogens (tertiary/aromatic N) is 1. The summed E-state index contributed by atoms with van der Waals surface area (Å²) in [5.41, 5.74) is 2.18. The van der Waals surface area contributed by atoms with Crippen molar-refractivity contribution in [1.29, 1.82) is 0 Å². The fraction of sp³-hybridized carbons (Fsp3) is 0.353. The highest BCUT2D eigenvalue weighted by Crippen LogP contribution is 2.16. The van der Waals surface area contributed by atoms with Gasteiger partial charge in [0, 0.05) is 30.7 Å². The average molecular weight is 288 g/mol. The second-order valence-electron chi connectivity index (χ2n) is 4.59. The average Bonchev–Trinajstić information content (AvgIpc) is 2.42. The lowest BCUT2D eigenvalue weighted by Gasteiger charge is -2.07. The quantitative estimate of drug-likeness (QED) is 0.459. The molecule has 0 atom stereocenters. The number of allylic oxidation sites excluding steroid dienone is 2. The Morgan fingerprint density at radius 2 is 2.05 bits per heavy atom. The molecule has 0 bridgehead atoms. The molecule has 1 aromatic heterocycles. The maximum Gasteiger partial charge on any atom is 0.338 e. The number of ketones is 1. The molecule has 1 heterocycles. The Morgan fingerprint density at radius 3 is 2.57 bits per heavy atom. The molecule has 0 fully saturated rings. The van der Waals surface area contributed by atoms with Crippen LogP contribution in [0, 0.1) is 0 Å². The summed E-state index contributed by atoms with van der Waals surface area (Å²) < 4.78 is 6.91. The van der Waals surface area contributed by atoms with Crippen LogP contribution in [0.15, 0.2) is 30.5 Å². The number of carbonyl (C=O) groups is 2. The molecule has 112 valence electrons. The van der Waals surface area contributed by atoms with E-state index in [1.165, 1.54) is 0 Å². The van der Waals surface area contributed by atoms with Crippen LogP contribution in [0.3, 0.4) is 0 Å². The first-order valence-corrected chi connectivity index (χ1v) is 7.02. The summed E-state index contributed by atoms with van der Waals surface area (Å²) in [5.74, 6) is -0.258. The van der Waals surface area contributed by atoms with E-state index >= 15 is 0 Å². The molecule has 0 aliphatic rings. The Balaban J connectivity index is 3.23. The van der Waals surface area contributed by atoms with Gasteiger partial charge < -0.3 is 4.74 Å². The second-order valence-corrected chi connectivity index (χ2v) is 4.59. The first kappa shape index (κ1) is 16.8. The van der Waals surface area contributed by atoms with Crippen molar-refractivity contribution in [3.05, 3.63) is 41.7 Å². The minimum absolute atomic E-state index is 0.0788. The van der Waals surface area contributed by atoms with Gasteiger partial charge in [0.25, 0.3) is 0 Å². The molecule has 1 aromatic rings. The lowest BCUT2D eigenvalue weighted by atomic mass is 10.1. The molecule has 0 amide bonds. The van der Waals surface area contributed by atoms with E-state index in [1.807, 2.05) is 42.0 Å². The summed E-state index contributed by atoms with van der Waals surface area (Å²) in [7, 11) is 0. The predicted octanol–water partition coefficient (Wildman–Crippen LogP) is 2.56. The van der Waals surface area contributed by atoms with E-state index in [1.54, 1.807) is 26.8 Å². The Labute approximate surface area is 125 Å². The number of pyridine rings is 1. The molecule has 0 unspecified atom stereocenters. The van der Waals surface area contributed by atoms with Gasteiger partial charge in [-0.15, -0.1) is 0 Å². The number of hydrogen-bond acceptors (Lipinski definition) is 3. The fourth-order valence-electron chi connectivity index (χ4n) is 2.02. The summed E-state index contributed by atoms with van der Waals surface area (Å²) in [5, 5.41) is 0. The van der Waals surface area contributed by atoms with Gasteiger partial charge in [-0.25, -0.2) is 4.79 Å². The van der Waals surface area contributed by atoms with E-state index in [9.17, 15) is 9.59 Å². The molecule has 0 N–H and O–H groups in total. The lowest BCUT2D eigenvalue weighted by molar-refractivity contribution is -0.685. The van der Waals surface area contributed by atoms with E-state index in [0.29, 0.717) is 18.7 Å². The third-order valence-corrected chi connectivity index (χ3v) is 2.89. The highest BCUT2D eigenvalue weighted by molar-refractivity contribution is 6.16. The van der Waals surface area contributed by atoms with Crippen LogP contribution in [0.1, 0.15) is 39.0 Å². The molecule has 0 aliphatic carbocycles. The van der Waals surface area contributed by atoms with Crippen LogP contribution in [0.4, 0.5) is 0 Å². The standard InChI is InChI=1S/C17H22NO3/c1-5-8-15-11-14(9-10-18(15)12-13(4)19)16(6-2)17(20)21-7-3/h5-6,8-11H,7,12H2,1-4H3/q+1/b8-5+,16-6-. The largest absolute Gasteiger partial charge is 0.462 e. The van der Waals surface area contributed by atoms with E-state index in [0.717, 1.165) is 11.3 Å². The zero-order valence-corrected chi connectivity index (χ0v) is 13.1. The molecular formula is C17H22NO3+. The molecule has 0 spiro atoms. The van der Waals surface area contributed by atoms with Crippen LogP contribution >= 0.6 is 0 Å². The zero-order chi connectivity index (χ0) is 15.8. The fourth-order valence-corrected chi connectivity index (χ4v) is 2.02. The monoisotopic (exact) mass is 288 g/mol. The number of ether oxygens (including phenoxy) is 1. The number of Topliss-reactive ketones (excluding diaryl/α,β-unsaturated/α-hetero) is 1. The van der Waals surface area contributed by atoms with Gasteiger partial charge in [-0.2, -0.15) is 4.57 Å². The molecule has 4 nitrogen and oxygen atoms in total. The molecule has 0 aliphatic heterocycles. The highest BCUT2D eigenvalue weighted by atomic mass is 16.5. The van der Waals surface area contributed by atoms with Crippen LogP contribution in [-0.2, 0) is 20.9 Å². The van der Waals surface area contributed by atoms with Crippen molar-refractivity contribution in [2.75, 3.05) is 6.61 Å². The SMILES string of the molecule is C/C=C(\C(=O)OCC)c1cc[n+](CC(C)=O)c(/C=C/C)c1. The topological polar surface area (TPSA) is 47.2 Å². The van der Waals surface area contributed by atoms with Crippen molar-refractivity contribution in [1.82, 2.24) is 0 Å². The van der Waals surface area contributed by atoms with E-state index < -0.39 is 0 Å². The van der Waals surface area contributed by atoms with Crippen LogP contribution in [0.25, 0.3) is 11.6 Å². The molecule has 21 heavy (non-hydrogen) atoms. The van der Waals surface area contributed by atoms with Crippen molar-refractivity contribution >= 4 is 23.4 Å². The van der Waals surface area contributed by atoms with Crippen molar-refractivity contribution in [2.45, 2.75) is 34.2 Å². The van der Waals surface area contributed by atoms with Crippen LogP contribution in [0.2, 0.25) is 0 Å². The van der Waals surface area contributed by atoms with Gasteiger partial charge in [0.05, 0.1) is 12.2 Å². The maximum atomic E-state index is 11.9. The molecule has 0 saturated carbocycles. The maximum absolute atomic E-state index is 11.9. The number of rotatable bonds is 6. The summed E-state index contributed by atoms with van der Waals surface area (Å²) in [6.45, 7) is 7.70. The van der Waals surface area contributed by atoms with Gasteiger partial charge in [0.1, 0.15) is 0 Å². The van der Waals surface area contributed by atoms with Crippen molar-refractivity contribution < 1.29 is 18.9 Å². The normalized spacial score (nSPS) is 11.7. The first-order valence-electron chi connectivity index (χ1n) is 7.02. The van der Waals surface area contributed by atoms with Crippen molar-refractivity contribution in [3.8, 4) is 0 Å². The number of carbonyl (C=O) groups excluding carboxylic acids is 2. The third kappa shape index (κ3) is 4.67. The molecule has 1 rings (SSSR count). The van der Waals surface area contributed by atoms with Crippen molar-refractivity contribution in [2.24, 2.45) is 0 Å². The van der Waals surface area contributed by atoms with E-state index in [-0.39, 0.29) is 11.8 Å². The molecule has 0 radical (unpaired) electrons. The Bertz CT molecular complexity index is 586. The molecule has 0 saturated heterocycles. The van der Waals surface area contributed by atoms with Crippen molar-refractivity contribution in [3.63, 3.8) is 0 Å². The number of aromatic nitrogens is 1. The lowest BCUT2D eigenvalue weighted by Crippen LogP contribution is -2.40. The van der Waals surface area contributed by atoms with Crippen LogP contribution in [-0.4, -0.2) is 18.4 Å². The third-order valence-electron chi connectivity index (χ3n) is 2.89. The summed E-state index contributed by atoms with van der Waals surface area (Å²) in [4.78, 5) is 23.2. The minimum atomic E-state index is -0.337. The van der Waals surface area contributed by atoms with Crippen LogP contribution < -0.4 is 4.57 Å². The summed E-state index contributed by atoms with van der Waals surface area (Å²) in [6.07, 6.45) is 7.36.